The summed E-state index contributed by atoms with van der Waals surface area (Å²) in [6.07, 6.45) is 7.73. The number of nitrogens with zero attached hydrogens (tertiary/aromatic N) is 1. The zero-order chi connectivity index (χ0) is 19.3. The van der Waals surface area contributed by atoms with Crippen LogP contribution in [0, 0.1) is 0 Å². The molecule has 6 nitrogen and oxygen atoms in total. The molecule has 1 aliphatic heterocycles. The van der Waals surface area contributed by atoms with Crippen LogP contribution in [0.1, 0.15) is 17.9 Å². The molecule has 0 bridgehead atoms. The van der Waals surface area contributed by atoms with Crippen molar-refractivity contribution < 1.29 is 27.2 Å². The van der Waals surface area contributed by atoms with Crippen LogP contribution in [-0.4, -0.2) is 41.8 Å². The predicted molar refractivity (Wildman–Crippen MR) is 93.6 cm³/mol. The van der Waals surface area contributed by atoms with Crippen LogP contribution in [0.25, 0.3) is 12.2 Å². The molecule has 2 amide bonds. The molecule has 1 aliphatic rings. The van der Waals surface area contributed by atoms with Gasteiger partial charge in [0.15, 0.2) is 0 Å². The SMILES string of the molecule is O=C(/C=C/c1ccco1)NC[C@@H]1CC(F)(F)CN1C(=O)/C=C/c1ccco1. The minimum absolute atomic E-state index is 0.0722. The minimum atomic E-state index is -2.99. The van der Waals surface area contributed by atoms with E-state index in [2.05, 4.69) is 5.32 Å². The highest BCUT2D eigenvalue weighted by molar-refractivity contribution is 5.93. The Kier molecular flexibility index (Phi) is 5.54. The second-order valence-electron chi connectivity index (χ2n) is 6.12. The summed E-state index contributed by atoms with van der Waals surface area (Å²) in [6, 6.07) is 5.86. The smallest absolute Gasteiger partial charge is 0.267 e. The van der Waals surface area contributed by atoms with E-state index in [1.807, 2.05) is 0 Å². The molecule has 2 aromatic heterocycles. The molecule has 0 radical (unpaired) electrons. The van der Waals surface area contributed by atoms with Gasteiger partial charge in [-0.3, -0.25) is 9.59 Å². The Balaban J connectivity index is 1.58. The van der Waals surface area contributed by atoms with Crippen molar-refractivity contribution in [1.29, 1.82) is 0 Å². The number of amides is 2. The van der Waals surface area contributed by atoms with E-state index in [1.54, 1.807) is 24.3 Å². The van der Waals surface area contributed by atoms with E-state index < -0.39 is 36.7 Å². The molecule has 1 atom stereocenters. The number of rotatable bonds is 6. The van der Waals surface area contributed by atoms with Crippen molar-refractivity contribution in [2.75, 3.05) is 13.1 Å². The summed E-state index contributed by atoms with van der Waals surface area (Å²) in [5.74, 6) is -3.07. The first-order chi connectivity index (χ1) is 12.9. The highest BCUT2D eigenvalue weighted by Crippen LogP contribution is 2.32. The fourth-order valence-electron chi connectivity index (χ4n) is 2.79. The molecule has 0 saturated carbocycles. The van der Waals surface area contributed by atoms with Gasteiger partial charge in [0.25, 0.3) is 5.92 Å². The molecule has 1 saturated heterocycles. The van der Waals surface area contributed by atoms with Crippen LogP contribution in [0.15, 0.2) is 57.8 Å². The third kappa shape index (κ3) is 5.16. The number of alkyl halides is 2. The van der Waals surface area contributed by atoms with E-state index in [-0.39, 0.29) is 6.54 Å². The van der Waals surface area contributed by atoms with Crippen molar-refractivity contribution in [2.45, 2.75) is 18.4 Å². The molecule has 3 heterocycles. The zero-order valence-electron chi connectivity index (χ0n) is 14.3. The lowest BCUT2D eigenvalue weighted by molar-refractivity contribution is -0.128. The summed E-state index contributed by atoms with van der Waals surface area (Å²) in [6.45, 7) is -0.756. The van der Waals surface area contributed by atoms with Crippen LogP contribution in [0.2, 0.25) is 0 Å². The number of nitrogens with one attached hydrogen (secondary N) is 1. The summed E-state index contributed by atoms with van der Waals surface area (Å²) >= 11 is 0. The molecule has 3 rings (SSSR count). The second-order valence-corrected chi connectivity index (χ2v) is 6.12. The maximum atomic E-state index is 13.8. The first-order valence-electron chi connectivity index (χ1n) is 8.32. The van der Waals surface area contributed by atoms with E-state index in [9.17, 15) is 18.4 Å². The Morgan fingerprint density at radius 1 is 1.15 bits per heavy atom. The quantitative estimate of drug-likeness (QED) is 0.787. The molecule has 1 fully saturated rings. The third-order valence-corrected chi connectivity index (χ3v) is 4.05. The number of halogens is 2. The van der Waals surface area contributed by atoms with Crippen molar-refractivity contribution in [2.24, 2.45) is 0 Å². The van der Waals surface area contributed by atoms with Crippen molar-refractivity contribution in [1.82, 2.24) is 10.2 Å². The standard InChI is InChI=1S/C19H18F2N2O4/c20-19(21)11-14(12-22-17(24)7-5-15-3-1-9-26-15)23(13-19)18(25)8-6-16-4-2-10-27-16/h1-10,14H,11-13H2,(H,22,24)/b7-5+,8-6+/t14-/m0/s1. The van der Waals surface area contributed by atoms with E-state index in [1.165, 1.54) is 36.8 Å². The van der Waals surface area contributed by atoms with Crippen molar-refractivity contribution in [3.63, 3.8) is 0 Å². The van der Waals surface area contributed by atoms with Crippen LogP contribution in [0.3, 0.4) is 0 Å². The highest BCUT2D eigenvalue weighted by atomic mass is 19.3. The molecule has 27 heavy (non-hydrogen) atoms. The summed E-state index contributed by atoms with van der Waals surface area (Å²) < 4.78 is 37.7. The number of furan rings is 2. The topological polar surface area (TPSA) is 75.7 Å². The molecule has 0 unspecified atom stereocenters. The molecule has 0 aromatic carbocycles. The largest absolute Gasteiger partial charge is 0.465 e. The second kappa shape index (κ2) is 8.03. The van der Waals surface area contributed by atoms with Crippen molar-refractivity contribution >= 4 is 24.0 Å². The maximum Gasteiger partial charge on any atom is 0.267 e. The Bertz CT molecular complexity index is 826. The van der Waals surface area contributed by atoms with Crippen LogP contribution >= 0.6 is 0 Å². The van der Waals surface area contributed by atoms with Gasteiger partial charge in [-0.15, -0.1) is 0 Å². The van der Waals surface area contributed by atoms with E-state index in [0.717, 1.165) is 4.90 Å². The molecular weight excluding hydrogens is 358 g/mol. The Morgan fingerprint density at radius 3 is 2.37 bits per heavy atom. The number of carbonyl (C=O) groups excluding carboxylic acids is 2. The van der Waals surface area contributed by atoms with E-state index in [0.29, 0.717) is 11.5 Å². The average Bonchev–Trinajstić information content (AvgIpc) is 3.37. The number of hydrogen-bond donors (Lipinski definition) is 1. The van der Waals surface area contributed by atoms with Crippen LogP contribution in [0.5, 0.6) is 0 Å². The monoisotopic (exact) mass is 376 g/mol. The van der Waals surface area contributed by atoms with Gasteiger partial charge in [0.2, 0.25) is 11.8 Å². The van der Waals surface area contributed by atoms with Gasteiger partial charge in [-0.2, -0.15) is 0 Å². The number of likely N-dealkylation sites (tertiary alicyclic amines) is 1. The van der Waals surface area contributed by atoms with Crippen LogP contribution in [-0.2, 0) is 9.59 Å². The number of hydrogen-bond acceptors (Lipinski definition) is 4. The van der Waals surface area contributed by atoms with Gasteiger partial charge >= 0.3 is 0 Å². The predicted octanol–water partition coefficient (Wildman–Crippen LogP) is 2.95. The maximum absolute atomic E-state index is 13.8. The van der Waals surface area contributed by atoms with Gasteiger partial charge in [-0.1, -0.05) is 0 Å². The lowest BCUT2D eigenvalue weighted by Crippen LogP contribution is -2.42. The van der Waals surface area contributed by atoms with Gasteiger partial charge in [0, 0.05) is 25.1 Å². The highest BCUT2D eigenvalue weighted by Gasteiger charge is 2.46. The minimum Gasteiger partial charge on any atom is -0.465 e. The first-order valence-corrected chi connectivity index (χ1v) is 8.32. The lowest BCUT2D eigenvalue weighted by Gasteiger charge is -2.22. The van der Waals surface area contributed by atoms with Gasteiger partial charge in [0.05, 0.1) is 25.1 Å². The summed E-state index contributed by atoms with van der Waals surface area (Å²) in [7, 11) is 0. The number of carbonyl (C=O) groups is 2. The normalized spacial score (nSPS) is 19.2. The first kappa shape index (κ1) is 18.6. The van der Waals surface area contributed by atoms with Gasteiger partial charge in [0.1, 0.15) is 11.5 Å². The summed E-state index contributed by atoms with van der Waals surface area (Å²) in [4.78, 5) is 25.2. The Morgan fingerprint density at radius 2 is 1.78 bits per heavy atom. The van der Waals surface area contributed by atoms with Gasteiger partial charge in [-0.25, -0.2) is 8.78 Å². The Hall–Kier alpha value is -3.16. The molecule has 142 valence electrons. The fourth-order valence-corrected chi connectivity index (χ4v) is 2.79. The van der Waals surface area contributed by atoms with E-state index >= 15 is 0 Å². The Labute approximate surface area is 154 Å². The van der Waals surface area contributed by atoms with E-state index in [4.69, 9.17) is 8.83 Å². The van der Waals surface area contributed by atoms with Gasteiger partial charge in [-0.05, 0) is 36.4 Å². The van der Waals surface area contributed by atoms with Crippen LogP contribution in [0.4, 0.5) is 8.78 Å². The summed E-state index contributed by atoms with van der Waals surface area (Å²) in [5, 5.41) is 2.54. The van der Waals surface area contributed by atoms with Gasteiger partial charge < -0.3 is 19.1 Å². The summed E-state index contributed by atoms with van der Waals surface area (Å²) in [5.41, 5.74) is 0. The molecule has 0 spiro atoms. The van der Waals surface area contributed by atoms with Crippen molar-refractivity contribution in [3.05, 3.63) is 60.5 Å². The van der Waals surface area contributed by atoms with Crippen LogP contribution < -0.4 is 5.32 Å². The van der Waals surface area contributed by atoms with Crippen molar-refractivity contribution in [3.8, 4) is 0 Å². The molecule has 8 heteroatoms. The fraction of sp³-hybridized carbons (Fsp3) is 0.263. The molecule has 2 aromatic rings. The lowest BCUT2D eigenvalue weighted by atomic mass is 10.2. The third-order valence-electron chi connectivity index (χ3n) is 4.05. The molecule has 1 N–H and O–H groups in total. The molecule has 0 aliphatic carbocycles. The zero-order valence-corrected chi connectivity index (χ0v) is 14.3. The molecular formula is C19H18F2N2O4. The average molecular weight is 376 g/mol.